The Morgan fingerprint density at radius 3 is 2.44 bits per heavy atom. The second-order valence-corrected chi connectivity index (χ2v) is 7.12. The van der Waals surface area contributed by atoms with Crippen LogP contribution in [0, 0.1) is 19.3 Å². The number of carboxylic acid groups (broad SMARTS) is 1. The number of aromatic nitrogens is 2. The highest BCUT2D eigenvalue weighted by molar-refractivity contribution is 5.95. The largest absolute Gasteiger partial charge is 0.481 e. The highest BCUT2D eigenvalue weighted by atomic mass is 16.4. The number of hydrogen-bond donors (Lipinski definition) is 1. The monoisotopic (exact) mass is 341 g/mol. The Labute approximate surface area is 147 Å². The lowest BCUT2D eigenvalue weighted by molar-refractivity contribution is -0.147. The molecule has 0 aliphatic carbocycles. The lowest BCUT2D eigenvalue weighted by Crippen LogP contribution is -2.34. The van der Waals surface area contributed by atoms with Crippen LogP contribution in [0.3, 0.4) is 0 Å². The molecule has 2 heterocycles. The number of hydrogen-bond acceptors (Lipinski definition) is 3. The van der Waals surface area contributed by atoms with Crippen molar-refractivity contribution in [3.05, 3.63) is 52.8 Å². The van der Waals surface area contributed by atoms with Gasteiger partial charge >= 0.3 is 5.97 Å². The molecule has 1 fully saturated rings. The highest BCUT2D eigenvalue weighted by Gasteiger charge is 2.42. The maximum atomic E-state index is 12.6. The molecule has 1 aliphatic heterocycles. The first-order chi connectivity index (χ1) is 11.8. The van der Waals surface area contributed by atoms with E-state index in [0.29, 0.717) is 25.1 Å². The number of amides is 1. The number of likely N-dealkylation sites (tertiary alicyclic amines) is 1. The number of aryl methyl sites for hydroxylation is 2. The van der Waals surface area contributed by atoms with E-state index in [1.807, 2.05) is 36.7 Å². The fourth-order valence-electron chi connectivity index (χ4n) is 3.25. The first-order valence-electron chi connectivity index (χ1n) is 8.41. The van der Waals surface area contributed by atoms with Gasteiger partial charge in [0.25, 0.3) is 5.91 Å². The van der Waals surface area contributed by atoms with Gasteiger partial charge in [-0.25, -0.2) is 0 Å². The minimum absolute atomic E-state index is 0.109. The molecule has 1 aromatic heterocycles. The minimum Gasteiger partial charge on any atom is -0.481 e. The summed E-state index contributed by atoms with van der Waals surface area (Å²) in [7, 11) is 0. The maximum absolute atomic E-state index is 12.6. The Kier molecular flexibility index (Phi) is 4.37. The molecular weight excluding hydrogens is 318 g/mol. The molecule has 0 radical (unpaired) electrons. The normalized spacial score (nSPS) is 20.0. The third kappa shape index (κ3) is 3.43. The molecule has 1 amide bonds. The highest BCUT2D eigenvalue weighted by Crippen LogP contribution is 2.31. The Bertz CT molecular complexity index is 810. The van der Waals surface area contributed by atoms with Crippen molar-refractivity contribution in [2.45, 2.75) is 33.7 Å². The summed E-state index contributed by atoms with van der Waals surface area (Å²) in [4.78, 5) is 25.6. The molecule has 0 unspecified atom stereocenters. The molecule has 6 heteroatoms. The van der Waals surface area contributed by atoms with Crippen molar-refractivity contribution in [2.24, 2.45) is 5.41 Å². The van der Waals surface area contributed by atoms with Crippen molar-refractivity contribution in [2.75, 3.05) is 13.1 Å². The molecule has 2 aromatic rings. The van der Waals surface area contributed by atoms with Gasteiger partial charge in [-0.15, -0.1) is 0 Å². The fourth-order valence-corrected chi connectivity index (χ4v) is 3.25. The maximum Gasteiger partial charge on any atom is 0.311 e. The van der Waals surface area contributed by atoms with E-state index in [9.17, 15) is 14.7 Å². The summed E-state index contributed by atoms with van der Waals surface area (Å²) >= 11 is 0. The zero-order valence-electron chi connectivity index (χ0n) is 14.8. The standard InChI is InChI=1S/C19H23N3O3/c1-13-10-14(2)22(20-13)11-15-4-6-16(7-5-15)17(23)21-9-8-19(3,12-21)18(24)25/h4-7,10H,8-9,11-12H2,1-3H3,(H,24,25)/t19-/m0/s1. The number of aliphatic carboxylic acids is 1. The van der Waals surface area contributed by atoms with Crippen LogP contribution in [0.4, 0.5) is 0 Å². The van der Waals surface area contributed by atoms with Crippen molar-refractivity contribution in [1.29, 1.82) is 0 Å². The summed E-state index contributed by atoms with van der Waals surface area (Å²) in [5.41, 5.74) is 2.90. The predicted octanol–water partition coefficient (Wildman–Crippen LogP) is 2.49. The molecule has 1 atom stereocenters. The lowest BCUT2D eigenvalue weighted by atomic mass is 9.90. The molecule has 1 aliphatic rings. The molecule has 0 saturated carbocycles. The summed E-state index contributed by atoms with van der Waals surface area (Å²) in [6.07, 6.45) is 0.490. The van der Waals surface area contributed by atoms with Gasteiger partial charge in [-0.1, -0.05) is 12.1 Å². The van der Waals surface area contributed by atoms with Crippen LogP contribution in [0.2, 0.25) is 0 Å². The summed E-state index contributed by atoms with van der Waals surface area (Å²) in [6, 6.07) is 9.50. The van der Waals surface area contributed by atoms with Gasteiger partial charge in [0.2, 0.25) is 0 Å². The topological polar surface area (TPSA) is 75.4 Å². The van der Waals surface area contributed by atoms with E-state index in [-0.39, 0.29) is 12.5 Å². The lowest BCUT2D eigenvalue weighted by Gasteiger charge is -2.20. The molecule has 3 rings (SSSR count). The number of carbonyl (C=O) groups excluding carboxylic acids is 1. The number of nitrogens with zero attached hydrogens (tertiary/aromatic N) is 3. The number of carbonyl (C=O) groups is 2. The van der Waals surface area contributed by atoms with Gasteiger partial charge in [-0.05, 0) is 51.0 Å². The molecular formula is C19H23N3O3. The first kappa shape index (κ1) is 17.2. The molecule has 0 spiro atoms. The average Bonchev–Trinajstić information content (AvgIpc) is 3.11. The van der Waals surface area contributed by atoms with Crippen LogP contribution in [-0.4, -0.2) is 44.8 Å². The van der Waals surface area contributed by atoms with Crippen LogP contribution < -0.4 is 0 Å². The zero-order chi connectivity index (χ0) is 18.2. The van der Waals surface area contributed by atoms with E-state index in [1.54, 1.807) is 24.0 Å². The van der Waals surface area contributed by atoms with Gasteiger partial charge in [0.05, 0.1) is 17.7 Å². The van der Waals surface area contributed by atoms with Crippen molar-refractivity contribution >= 4 is 11.9 Å². The number of benzene rings is 1. The van der Waals surface area contributed by atoms with E-state index >= 15 is 0 Å². The molecule has 132 valence electrons. The van der Waals surface area contributed by atoms with E-state index in [2.05, 4.69) is 5.10 Å². The van der Waals surface area contributed by atoms with Gasteiger partial charge < -0.3 is 10.0 Å². The van der Waals surface area contributed by atoms with Gasteiger partial charge in [0.1, 0.15) is 0 Å². The van der Waals surface area contributed by atoms with Gasteiger partial charge in [0, 0.05) is 24.3 Å². The van der Waals surface area contributed by atoms with E-state index in [4.69, 9.17) is 0 Å². The zero-order valence-corrected chi connectivity index (χ0v) is 14.8. The van der Waals surface area contributed by atoms with Crippen molar-refractivity contribution < 1.29 is 14.7 Å². The number of rotatable bonds is 4. The van der Waals surface area contributed by atoms with E-state index in [0.717, 1.165) is 17.0 Å². The SMILES string of the molecule is Cc1cc(C)n(Cc2ccc(C(=O)N3CC[C@](C)(C(=O)O)C3)cc2)n1. The van der Waals surface area contributed by atoms with Gasteiger partial charge in [-0.3, -0.25) is 14.3 Å². The average molecular weight is 341 g/mol. The third-order valence-electron chi connectivity index (χ3n) is 4.91. The van der Waals surface area contributed by atoms with Crippen molar-refractivity contribution in [3.63, 3.8) is 0 Å². The van der Waals surface area contributed by atoms with Crippen LogP contribution in [0.15, 0.2) is 30.3 Å². The minimum atomic E-state index is -0.844. The molecule has 25 heavy (non-hydrogen) atoms. The Morgan fingerprint density at radius 2 is 1.92 bits per heavy atom. The van der Waals surface area contributed by atoms with Crippen LogP contribution in [0.5, 0.6) is 0 Å². The number of carboxylic acids is 1. The first-order valence-corrected chi connectivity index (χ1v) is 8.41. The molecule has 1 aromatic carbocycles. The van der Waals surface area contributed by atoms with Crippen LogP contribution >= 0.6 is 0 Å². The summed E-state index contributed by atoms with van der Waals surface area (Å²) < 4.78 is 1.94. The fraction of sp³-hybridized carbons (Fsp3) is 0.421. The summed E-state index contributed by atoms with van der Waals surface area (Å²) in [6.45, 7) is 7.08. The van der Waals surface area contributed by atoms with Gasteiger partial charge in [0.15, 0.2) is 0 Å². The molecule has 1 N–H and O–H groups in total. The second kappa shape index (κ2) is 6.35. The van der Waals surface area contributed by atoms with Crippen molar-refractivity contribution in [3.8, 4) is 0 Å². The Balaban J connectivity index is 1.69. The summed E-state index contributed by atoms with van der Waals surface area (Å²) in [5, 5.41) is 13.7. The van der Waals surface area contributed by atoms with E-state index < -0.39 is 11.4 Å². The van der Waals surface area contributed by atoms with Gasteiger partial charge in [-0.2, -0.15) is 5.10 Å². The Hall–Kier alpha value is -2.63. The molecule has 6 nitrogen and oxygen atoms in total. The Morgan fingerprint density at radius 1 is 1.24 bits per heavy atom. The van der Waals surface area contributed by atoms with E-state index in [1.165, 1.54) is 0 Å². The summed E-state index contributed by atoms with van der Waals surface area (Å²) in [5.74, 6) is -0.953. The predicted molar refractivity (Wildman–Crippen MR) is 93.5 cm³/mol. The quantitative estimate of drug-likeness (QED) is 0.927. The third-order valence-corrected chi connectivity index (χ3v) is 4.91. The van der Waals surface area contributed by atoms with Crippen LogP contribution in [0.1, 0.15) is 40.7 Å². The second-order valence-electron chi connectivity index (χ2n) is 7.12. The molecule has 0 bridgehead atoms. The molecule has 1 saturated heterocycles. The van der Waals surface area contributed by atoms with Crippen LogP contribution in [0.25, 0.3) is 0 Å². The smallest absolute Gasteiger partial charge is 0.311 e. The van der Waals surface area contributed by atoms with Crippen LogP contribution in [-0.2, 0) is 11.3 Å². The van der Waals surface area contributed by atoms with Crippen molar-refractivity contribution in [1.82, 2.24) is 14.7 Å².